The van der Waals surface area contributed by atoms with Crippen LogP contribution in [0.25, 0.3) is 0 Å². The molecule has 6 heteroatoms. The number of hydrogen-bond donors (Lipinski definition) is 1. The smallest absolute Gasteiger partial charge is 0.338 e. The number of carbonyl (C=O) groups is 1. The molecule has 20 heavy (non-hydrogen) atoms. The van der Waals surface area contributed by atoms with Crippen LogP contribution in [0.1, 0.15) is 44.9 Å². The second-order valence-electron chi connectivity index (χ2n) is 5.96. The third-order valence-corrected chi connectivity index (χ3v) is 4.69. The van der Waals surface area contributed by atoms with Crippen molar-refractivity contribution in [1.82, 2.24) is 4.90 Å². The van der Waals surface area contributed by atoms with Crippen molar-refractivity contribution in [3.05, 3.63) is 0 Å². The first kappa shape index (κ1) is 15.6. The number of likely N-dealkylation sites (tertiary alicyclic amines) is 1. The molecule has 1 saturated carbocycles. The average molecular weight is 292 g/mol. The van der Waals surface area contributed by atoms with Crippen LogP contribution in [0.4, 0.5) is 13.2 Å². The minimum Gasteiger partial charge on any atom is -0.338 e. The Morgan fingerprint density at radius 3 is 2.40 bits per heavy atom. The van der Waals surface area contributed by atoms with Gasteiger partial charge in [-0.05, 0) is 32.1 Å². The molecule has 116 valence electrons. The number of carbonyl (C=O) groups excluding carboxylic acids is 1. The zero-order valence-electron chi connectivity index (χ0n) is 11.7. The fraction of sp³-hybridized carbons (Fsp3) is 0.929. The molecular weight excluding hydrogens is 269 g/mol. The number of alkyl halides is 3. The molecule has 0 aromatic rings. The number of nitrogens with two attached hydrogens (primary N) is 1. The monoisotopic (exact) mass is 292 g/mol. The van der Waals surface area contributed by atoms with Gasteiger partial charge in [0.25, 0.3) is 0 Å². The zero-order valence-corrected chi connectivity index (χ0v) is 11.7. The van der Waals surface area contributed by atoms with E-state index >= 15 is 0 Å². The van der Waals surface area contributed by atoms with Crippen molar-refractivity contribution < 1.29 is 18.0 Å². The van der Waals surface area contributed by atoms with Crippen molar-refractivity contribution >= 4 is 5.91 Å². The summed E-state index contributed by atoms with van der Waals surface area (Å²) in [4.78, 5) is 14.2. The highest BCUT2D eigenvalue weighted by atomic mass is 19.4. The quantitative estimate of drug-likeness (QED) is 0.850. The molecule has 1 aliphatic carbocycles. The molecule has 3 nitrogen and oxygen atoms in total. The minimum atomic E-state index is -4.27. The van der Waals surface area contributed by atoms with Crippen LogP contribution < -0.4 is 5.73 Å². The van der Waals surface area contributed by atoms with Crippen molar-refractivity contribution in [3.63, 3.8) is 0 Å². The summed E-state index contributed by atoms with van der Waals surface area (Å²) in [6.45, 7) is 0.900. The number of nitrogens with zero attached hydrogens (tertiary/aromatic N) is 1. The topological polar surface area (TPSA) is 46.3 Å². The summed E-state index contributed by atoms with van der Waals surface area (Å²) in [5.74, 6) is -2.68. The van der Waals surface area contributed by atoms with E-state index in [2.05, 4.69) is 0 Å². The molecular formula is C14H23F3N2O. The zero-order chi connectivity index (χ0) is 14.8. The molecule has 2 N–H and O–H groups in total. The van der Waals surface area contributed by atoms with Crippen LogP contribution in [0.5, 0.6) is 0 Å². The van der Waals surface area contributed by atoms with Crippen LogP contribution in [0.2, 0.25) is 0 Å². The fourth-order valence-corrected chi connectivity index (χ4v) is 3.57. The van der Waals surface area contributed by atoms with Crippen molar-refractivity contribution in [1.29, 1.82) is 0 Å². The van der Waals surface area contributed by atoms with E-state index in [1.807, 2.05) is 0 Å². The fourth-order valence-electron chi connectivity index (χ4n) is 3.57. The molecule has 0 aromatic heterocycles. The summed E-state index contributed by atoms with van der Waals surface area (Å²) >= 11 is 0. The molecule has 1 saturated heterocycles. The van der Waals surface area contributed by atoms with E-state index in [9.17, 15) is 18.0 Å². The van der Waals surface area contributed by atoms with E-state index in [0.29, 0.717) is 32.4 Å². The molecule has 0 bridgehead atoms. The van der Waals surface area contributed by atoms with E-state index in [-0.39, 0.29) is 18.4 Å². The maximum Gasteiger partial charge on any atom is 0.392 e. The van der Waals surface area contributed by atoms with Gasteiger partial charge in [-0.25, -0.2) is 0 Å². The second-order valence-corrected chi connectivity index (χ2v) is 5.96. The van der Waals surface area contributed by atoms with Gasteiger partial charge in [-0.2, -0.15) is 13.2 Å². The van der Waals surface area contributed by atoms with E-state index < -0.39 is 18.0 Å². The Bertz CT molecular complexity index is 346. The average Bonchev–Trinajstić information content (AvgIpc) is 2.45. The Hall–Kier alpha value is -0.780. The second kappa shape index (κ2) is 6.33. The summed E-state index contributed by atoms with van der Waals surface area (Å²) in [5, 5.41) is 0. The number of amides is 1. The van der Waals surface area contributed by atoms with Gasteiger partial charge >= 0.3 is 6.18 Å². The first-order valence-corrected chi connectivity index (χ1v) is 7.52. The molecule has 2 aliphatic rings. The molecule has 2 fully saturated rings. The lowest BCUT2D eigenvalue weighted by molar-refractivity contribution is -0.201. The highest BCUT2D eigenvalue weighted by molar-refractivity contribution is 5.79. The summed E-state index contributed by atoms with van der Waals surface area (Å²) in [7, 11) is 0. The van der Waals surface area contributed by atoms with Gasteiger partial charge in [0.15, 0.2) is 0 Å². The van der Waals surface area contributed by atoms with Crippen molar-refractivity contribution in [3.8, 4) is 0 Å². The number of halogens is 3. The normalized spacial score (nSPS) is 32.2. The number of rotatable bonds is 2. The number of hydrogen-bond acceptors (Lipinski definition) is 2. The van der Waals surface area contributed by atoms with Crippen molar-refractivity contribution in [2.45, 2.75) is 57.2 Å². The Balaban J connectivity index is 2.12. The summed E-state index contributed by atoms with van der Waals surface area (Å²) < 4.78 is 39.3. The molecule has 1 aliphatic heterocycles. The van der Waals surface area contributed by atoms with Gasteiger partial charge in [-0.1, -0.05) is 12.8 Å². The van der Waals surface area contributed by atoms with Crippen LogP contribution in [-0.2, 0) is 4.79 Å². The van der Waals surface area contributed by atoms with Crippen molar-refractivity contribution in [2.24, 2.45) is 17.6 Å². The van der Waals surface area contributed by atoms with Gasteiger partial charge in [-0.15, -0.1) is 0 Å². The largest absolute Gasteiger partial charge is 0.392 e. The highest BCUT2D eigenvalue weighted by Crippen LogP contribution is 2.42. The molecule has 0 radical (unpaired) electrons. The van der Waals surface area contributed by atoms with Gasteiger partial charge < -0.3 is 10.6 Å². The lowest BCUT2D eigenvalue weighted by Crippen LogP contribution is -2.52. The van der Waals surface area contributed by atoms with Crippen LogP contribution in [0.15, 0.2) is 0 Å². The molecule has 0 spiro atoms. The first-order chi connectivity index (χ1) is 9.45. The molecule has 3 unspecified atom stereocenters. The third-order valence-electron chi connectivity index (χ3n) is 4.69. The molecule has 1 heterocycles. The van der Waals surface area contributed by atoms with Gasteiger partial charge in [0, 0.05) is 25.0 Å². The summed E-state index contributed by atoms with van der Waals surface area (Å²) in [6.07, 6.45) is 0.126. The predicted octanol–water partition coefficient (Wildman–Crippen LogP) is 2.69. The minimum absolute atomic E-state index is 0.0768. The van der Waals surface area contributed by atoms with E-state index in [1.165, 1.54) is 0 Å². The van der Waals surface area contributed by atoms with E-state index in [4.69, 9.17) is 5.73 Å². The van der Waals surface area contributed by atoms with E-state index in [1.54, 1.807) is 4.90 Å². The third kappa shape index (κ3) is 3.27. The highest BCUT2D eigenvalue weighted by Gasteiger charge is 2.49. The Labute approximate surface area is 117 Å². The maximum atomic E-state index is 13.1. The van der Waals surface area contributed by atoms with Crippen LogP contribution in [0, 0.1) is 11.8 Å². The van der Waals surface area contributed by atoms with Crippen LogP contribution >= 0.6 is 0 Å². The molecule has 2 rings (SSSR count). The maximum absolute atomic E-state index is 13.1. The van der Waals surface area contributed by atoms with Gasteiger partial charge in [0.1, 0.15) is 0 Å². The van der Waals surface area contributed by atoms with Crippen molar-refractivity contribution in [2.75, 3.05) is 13.1 Å². The lowest BCUT2D eigenvalue weighted by atomic mass is 9.77. The molecule has 1 amide bonds. The van der Waals surface area contributed by atoms with Gasteiger partial charge in [-0.3, -0.25) is 4.79 Å². The summed E-state index contributed by atoms with van der Waals surface area (Å²) in [6, 6.07) is -0.0768. The number of piperidine rings is 1. The Morgan fingerprint density at radius 1 is 1.10 bits per heavy atom. The SMILES string of the molecule is NCC1CCCCN1C(=O)C1CCCCC1C(F)(F)F. The molecule has 0 aromatic carbocycles. The summed E-state index contributed by atoms with van der Waals surface area (Å²) in [5.41, 5.74) is 5.67. The Morgan fingerprint density at radius 2 is 1.75 bits per heavy atom. The van der Waals surface area contributed by atoms with Gasteiger partial charge in [0.2, 0.25) is 5.91 Å². The van der Waals surface area contributed by atoms with E-state index in [0.717, 1.165) is 19.3 Å². The lowest BCUT2D eigenvalue weighted by Gasteiger charge is -2.40. The predicted molar refractivity (Wildman–Crippen MR) is 69.9 cm³/mol. The van der Waals surface area contributed by atoms with Gasteiger partial charge in [0.05, 0.1) is 5.92 Å². The first-order valence-electron chi connectivity index (χ1n) is 7.52. The van der Waals surface area contributed by atoms with Crippen LogP contribution in [-0.4, -0.2) is 36.1 Å². The standard InChI is InChI=1S/C14H23F3N2O/c15-14(16,17)12-7-2-1-6-11(12)13(20)19-8-4-3-5-10(19)9-18/h10-12H,1-9,18H2. The molecule has 3 atom stereocenters. The Kier molecular flexibility index (Phi) is 4.94. The van der Waals surface area contributed by atoms with Crippen LogP contribution in [0.3, 0.4) is 0 Å².